The molecule has 1 amide bonds. The molecule has 1 aliphatic heterocycles. The number of unbranched alkanes of at least 4 members (excludes halogenated alkanes) is 1. The number of nitrogens with zero attached hydrogens (tertiary/aromatic N) is 3. The number of thiazole rings is 1. The molecule has 8 nitrogen and oxygen atoms in total. The number of aryl methyl sites for hydroxylation is 2. The van der Waals surface area contributed by atoms with Gasteiger partial charge in [-0.2, -0.15) is 0 Å². The molecule has 0 bridgehead atoms. The van der Waals surface area contributed by atoms with Crippen LogP contribution < -0.4 is 14.4 Å². The minimum absolute atomic E-state index is 0.0277. The number of aliphatic hydroxyl groups excluding tert-OH is 1. The quantitative estimate of drug-likeness (QED) is 0.124. The molecule has 1 unspecified atom stereocenters. The molecule has 2 aromatic carbocycles. The van der Waals surface area contributed by atoms with Crippen LogP contribution in [0.25, 0.3) is 16.0 Å². The Bertz CT molecular complexity index is 1600. The monoisotopic (exact) mass is 543 g/mol. The fourth-order valence-electron chi connectivity index (χ4n) is 4.77. The number of amides is 1. The Labute approximate surface area is 230 Å². The lowest BCUT2D eigenvalue weighted by atomic mass is 9.95. The Kier molecular flexibility index (Phi) is 7.34. The zero-order valence-electron chi connectivity index (χ0n) is 22.2. The zero-order chi connectivity index (χ0) is 27.7. The van der Waals surface area contributed by atoms with Crippen LogP contribution in [-0.2, 0) is 9.59 Å². The summed E-state index contributed by atoms with van der Waals surface area (Å²) in [4.78, 5) is 37.3. The van der Waals surface area contributed by atoms with Gasteiger partial charge in [0.05, 0.1) is 35.5 Å². The maximum absolute atomic E-state index is 13.6. The Balaban J connectivity index is 1.70. The molecule has 1 atom stereocenters. The Hall–Kier alpha value is -4.24. The van der Waals surface area contributed by atoms with E-state index in [1.165, 1.54) is 28.6 Å². The lowest BCUT2D eigenvalue weighted by Gasteiger charge is -2.24. The molecule has 1 N–H and O–H groups in total. The molecule has 3 heterocycles. The second-order valence-corrected chi connectivity index (χ2v) is 10.5. The van der Waals surface area contributed by atoms with Crippen molar-refractivity contribution in [1.82, 2.24) is 9.97 Å². The average molecular weight is 544 g/mol. The third-order valence-corrected chi connectivity index (χ3v) is 7.68. The number of hydrogen-bond acceptors (Lipinski definition) is 8. The van der Waals surface area contributed by atoms with E-state index in [-0.39, 0.29) is 11.3 Å². The largest absolute Gasteiger partial charge is 0.507 e. The lowest BCUT2D eigenvalue weighted by molar-refractivity contribution is -0.132. The highest BCUT2D eigenvalue weighted by atomic mass is 32.1. The second kappa shape index (κ2) is 10.9. The van der Waals surface area contributed by atoms with Crippen molar-refractivity contribution >= 4 is 44.1 Å². The fraction of sp³-hybridized carbons (Fsp3) is 0.267. The lowest BCUT2D eigenvalue weighted by Crippen LogP contribution is -2.29. The Morgan fingerprint density at radius 2 is 1.85 bits per heavy atom. The molecule has 5 rings (SSSR count). The molecule has 0 saturated carbocycles. The normalized spacial score (nSPS) is 16.7. The molecule has 39 heavy (non-hydrogen) atoms. The summed E-state index contributed by atoms with van der Waals surface area (Å²) in [5.41, 5.74) is 3.77. The number of carbonyl (C=O) groups is 2. The summed E-state index contributed by atoms with van der Waals surface area (Å²) in [5.74, 6) is -0.797. The van der Waals surface area contributed by atoms with Crippen LogP contribution in [0.5, 0.6) is 11.5 Å². The summed E-state index contributed by atoms with van der Waals surface area (Å²) in [6, 6.07) is 11.6. The number of rotatable bonds is 8. The molecule has 0 aliphatic carbocycles. The molecule has 200 valence electrons. The number of fused-ring (bicyclic) bond motifs is 1. The van der Waals surface area contributed by atoms with E-state index in [9.17, 15) is 14.7 Å². The second-order valence-electron chi connectivity index (χ2n) is 9.44. The fourth-order valence-corrected chi connectivity index (χ4v) is 5.94. The summed E-state index contributed by atoms with van der Waals surface area (Å²) >= 11 is 1.33. The Morgan fingerprint density at radius 1 is 1.08 bits per heavy atom. The van der Waals surface area contributed by atoms with Crippen molar-refractivity contribution in [3.05, 3.63) is 82.7 Å². The molecule has 4 aromatic rings. The number of carbonyl (C=O) groups excluding carboxylic acids is 2. The van der Waals surface area contributed by atoms with Crippen molar-refractivity contribution < 1.29 is 24.2 Å². The van der Waals surface area contributed by atoms with Gasteiger partial charge in [-0.1, -0.05) is 36.8 Å². The summed E-state index contributed by atoms with van der Waals surface area (Å²) in [6.07, 6.45) is 4.92. The first kappa shape index (κ1) is 26.4. The molecule has 1 saturated heterocycles. The molecule has 9 heteroatoms. The maximum atomic E-state index is 13.6. The van der Waals surface area contributed by atoms with E-state index in [1.54, 1.807) is 37.4 Å². The van der Waals surface area contributed by atoms with Crippen LogP contribution in [0, 0.1) is 13.8 Å². The standard InChI is InChI=1S/C30H29N3O5S/c1-5-6-13-38-21-8-7-20(16-22(21)37-4)26-24(27(34)19-9-11-31-12-10-19)28(35)29(36)33(26)30-32-25-18(3)14-17(2)15-23(25)39-30/h7-12,14-16,26,34H,5-6,13H2,1-4H3/b27-24-. The first-order chi connectivity index (χ1) is 18.8. The van der Waals surface area contributed by atoms with E-state index >= 15 is 0 Å². The third kappa shape index (κ3) is 4.85. The van der Waals surface area contributed by atoms with Crippen LogP contribution in [0.3, 0.4) is 0 Å². The van der Waals surface area contributed by atoms with E-state index in [1.807, 2.05) is 26.0 Å². The van der Waals surface area contributed by atoms with Gasteiger partial charge in [0.15, 0.2) is 16.6 Å². The highest BCUT2D eigenvalue weighted by molar-refractivity contribution is 7.22. The van der Waals surface area contributed by atoms with E-state index < -0.39 is 17.7 Å². The van der Waals surface area contributed by atoms with E-state index in [4.69, 9.17) is 14.5 Å². The minimum Gasteiger partial charge on any atom is -0.507 e. The van der Waals surface area contributed by atoms with Crippen molar-refractivity contribution in [3.8, 4) is 11.5 Å². The van der Waals surface area contributed by atoms with Gasteiger partial charge in [-0.3, -0.25) is 19.5 Å². The minimum atomic E-state index is -0.932. The van der Waals surface area contributed by atoms with Gasteiger partial charge in [0.1, 0.15) is 5.76 Å². The van der Waals surface area contributed by atoms with E-state index in [0.717, 1.165) is 34.2 Å². The van der Waals surface area contributed by atoms with Gasteiger partial charge in [0, 0.05) is 18.0 Å². The predicted octanol–water partition coefficient (Wildman–Crippen LogP) is 6.12. The molecule has 1 aliphatic rings. The number of benzene rings is 2. The van der Waals surface area contributed by atoms with Crippen LogP contribution in [-0.4, -0.2) is 40.5 Å². The SMILES string of the molecule is CCCCOc1ccc(C2/C(=C(/O)c3ccncc3)C(=O)C(=O)N2c2nc3c(C)cc(C)cc3s2)cc1OC. The molecule has 0 radical (unpaired) electrons. The molecule has 0 spiro atoms. The topological polar surface area (TPSA) is 102 Å². The van der Waals surface area contributed by atoms with Crippen molar-refractivity contribution in [2.45, 2.75) is 39.7 Å². The summed E-state index contributed by atoms with van der Waals surface area (Å²) in [6.45, 7) is 6.59. The molecular weight excluding hydrogens is 514 g/mol. The number of anilines is 1. The number of Topliss-reactive ketones (excluding diaryl/α,β-unsaturated/α-hetero) is 1. The molecule has 1 fully saturated rings. The van der Waals surface area contributed by atoms with E-state index in [2.05, 4.69) is 11.9 Å². The number of pyridine rings is 1. The highest BCUT2D eigenvalue weighted by Gasteiger charge is 2.48. The van der Waals surface area contributed by atoms with Crippen LogP contribution >= 0.6 is 11.3 Å². The van der Waals surface area contributed by atoms with Gasteiger partial charge in [-0.25, -0.2) is 4.98 Å². The first-order valence-electron chi connectivity index (χ1n) is 12.7. The van der Waals surface area contributed by atoms with Gasteiger partial charge in [0.25, 0.3) is 5.78 Å². The van der Waals surface area contributed by atoms with Gasteiger partial charge in [-0.15, -0.1) is 0 Å². The summed E-state index contributed by atoms with van der Waals surface area (Å²) < 4.78 is 12.4. The Morgan fingerprint density at radius 3 is 2.56 bits per heavy atom. The number of aromatic nitrogens is 2. The molecule has 2 aromatic heterocycles. The number of methoxy groups -OCH3 is 1. The van der Waals surface area contributed by atoms with Crippen molar-refractivity contribution in [2.75, 3.05) is 18.6 Å². The first-order valence-corrected chi connectivity index (χ1v) is 13.6. The third-order valence-electron chi connectivity index (χ3n) is 6.68. The number of hydrogen-bond donors (Lipinski definition) is 1. The zero-order valence-corrected chi connectivity index (χ0v) is 23.0. The summed E-state index contributed by atoms with van der Waals surface area (Å²) in [5, 5.41) is 11.7. The smallest absolute Gasteiger partial charge is 0.301 e. The number of ether oxygens (including phenoxy) is 2. The van der Waals surface area contributed by atoms with Crippen LogP contribution in [0.4, 0.5) is 5.13 Å². The van der Waals surface area contributed by atoms with Gasteiger partial charge >= 0.3 is 5.91 Å². The van der Waals surface area contributed by atoms with Crippen LogP contribution in [0.2, 0.25) is 0 Å². The number of aliphatic hydroxyl groups is 1. The van der Waals surface area contributed by atoms with Gasteiger partial charge < -0.3 is 14.6 Å². The average Bonchev–Trinajstić information content (AvgIpc) is 3.47. The van der Waals surface area contributed by atoms with Gasteiger partial charge in [-0.05, 0) is 67.3 Å². The highest BCUT2D eigenvalue weighted by Crippen LogP contribution is 2.46. The molecular formula is C30H29N3O5S. The summed E-state index contributed by atoms with van der Waals surface area (Å²) in [7, 11) is 1.54. The van der Waals surface area contributed by atoms with Crippen molar-refractivity contribution in [1.29, 1.82) is 0 Å². The number of ketones is 1. The van der Waals surface area contributed by atoms with E-state index in [0.29, 0.717) is 34.4 Å². The van der Waals surface area contributed by atoms with Crippen molar-refractivity contribution in [2.24, 2.45) is 0 Å². The predicted molar refractivity (Wildman–Crippen MR) is 152 cm³/mol. The van der Waals surface area contributed by atoms with Crippen LogP contribution in [0.15, 0.2) is 60.4 Å². The van der Waals surface area contributed by atoms with Crippen molar-refractivity contribution in [3.63, 3.8) is 0 Å². The van der Waals surface area contributed by atoms with Gasteiger partial charge in [0.2, 0.25) is 0 Å². The maximum Gasteiger partial charge on any atom is 0.301 e. The van der Waals surface area contributed by atoms with Crippen LogP contribution in [0.1, 0.15) is 48.1 Å².